The van der Waals surface area contributed by atoms with E-state index >= 15 is 0 Å². The van der Waals surface area contributed by atoms with Gasteiger partial charge < -0.3 is 4.52 Å². The molecular formula is C10H14N2O. The molecule has 1 unspecified atom stereocenters. The molecule has 70 valence electrons. The highest BCUT2D eigenvalue weighted by Gasteiger charge is 2.09. The molecule has 0 N–H and O–H groups in total. The van der Waals surface area contributed by atoms with Crippen LogP contribution in [0.5, 0.6) is 0 Å². The fourth-order valence-electron chi connectivity index (χ4n) is 1.00. The fraction of sp³-hybridized carbons (Fsp3) is 0.500. The third-order valence-corrected chi connectivity index (χ3v) is 1.98. The Balaban J connectivity index is 2.55. The van der Waals surface area contributed by atoms with Crippen molar-refractivity contribution in [3.63, 3.8) is 0 Å². The molecule has 13 heavy (non-hydrogen) atoms. The van der Waals surface area contributed by atoms with Crippen LogP contribution in [0, 0.1) is 19.3 Å². The predicted octanol–water partition coefficient (Wildman–Crippen LogP) is 1.44. The summed E-state index contributed by atoms with van der Waals surface area (Å²) in [5, 5.41) is 3.80. The van der Waals surface area contributed by atoms with E-state index in [-0.39, 0.29) is 6.04 Å². The lowest BCUT2D eigenvalue weighted by atomic mass is 10.3. The van der Waals surface area contributed by atoms with Gasteiger partial charge in [0.25, 0.3) is 0 Å². The van der Waals surface area contributed by atoms with Crippen LogP contribution < -0.4 is 0 Å². The second-order valence-corrected chi connectivity index (χ2v) is 3.19. The molecule has 0 aromatic carbocycles. The molecule has 0 saturated heterocycles. The molecule has 0 aliphatic carbocycles. The molecule has 3 nitrogen and oxygen atoms in total. The highest BCUT2D eigenvalue weighted by molar-refractivity contribution is 5.04. The predicted molar refractivity (Wildman–Crippen MR) is 51.0 cm³/mol. The quantitative estimate of drug-likeness (QED) is 0.656. The Hall–Kier alpha value is -1.27. The minimum Gasteiger partial charge on any atom is -0.360 e. The summed E-state index contributed by atoms with van der Waals surface area (Å²) in [6.07, 6.45) is 5.29. The highest BCUT2D eigenvalue weighted by Crippen LogP contribution is 2.06. The molecule has 0 bridgehead atoms. The average Bonchev–Trinajstić information content (AvgIpc) is 2.49. The first-order chi connectivity index (χ1) is 6.13. The number of rotatable bonds is 3. The maximum Gasteiger partial charge on any atom is 0.150 e. The zero-order valence-corrected chi connectivity index (χ0v) is 8.24. The van der Waals surface area contributed by atoms with Gasteiger partial charge in [-0.15, -0.1) is 6.42 Å². The lowest BCUT2D eigenvalue weighted by molar-refractivity contribution is 0.252. The van der Waals surface area contributed by atoms with Crippen molar-refractivity contribution in [2.24, 2.45) is 0 Å². The summed E-state index contributed by atoms with van der Waals surface area (Å²) in [4.78, 5) is 2.03. The molecule has 0 saturated carbocycles. The van der Waals surface area contributed by atoms with Gasteiger partial charge in [-0.1, -0.05) is 11.1 Å². The van der Waals surface area contributed by atoms with Gasteiger partial charge in [0, 0.05) is 6.07 Å². The van der Waals surface area contributed by atoms with E-state index in [1.165, 1.54) is 0 Å². The summed E-state index contributed by atoms with van der Waals surface area (Å²) < 4.78 is 5.07. The van der Waals surface area contributed by atoms with Crippen molar-refractivity contribution in [2.75, 3.05) is 7.05 Å². The van der Waals surface area contributed by atoms with Gasteiger partial charge in [0.2, 0.25) is 0 Å². The molecule has 0 aliphatic rings. The van der Waals surface area contributed by atoms with Gasteiger partial charge in [-0.05, 0) is 20.9 Å². The number of nitrogens with zero attached hydrogens (tertiary/aromatic N) is 2. The minimum atomic E-state index is 0.116. The fourth-order valence-corrected chi connectivity index (χ4v) is 1.00. The molecule has 3 heteroatoms. The Kier molecular flexibility index (Phi) is 3.10. The standard InChI is InChI=1S/C10H14N2O/c1-5-9(3)12(4)7-10-6-8(2)11-13-10/h1,6,9H,7H2,2-4H3. The third-order valence-electron chi connectivity index (χ3n) is 1.98. The number of hydrogen-bond acceptors (Lipinski definition) is 3. The van der Waals surface area contributed by atoms with Crippen LogP contribution in [0.25, 0.3) is 0 Å². The van der Waals surface area contributed by atoms with E-state index in [0.717, 1.165) is 11.5 Å². The summed E-state index contributed by atoms with van der Waals surface area (Å²) in [6.45, 7) is 4.58. The maximum absolute atomic E-state index is 5.29. The van der Waals surface area contributed by atoms with Crippen molar-refractivity contribution in [2.45, 2.75) is 26.4 Å². The molecule has 1 aromatic heterocycles. The van der Waals surface area contributed by atoms with Gasteiger partial charge in [-0.3, -0.25) is 4.90 Å². The first kappa shape index (κ1) is 9.82. The lowest BCUT2D eigenvalue weighted by Crippen LogP contribution is -2.26. The Bertz CT molecular complexity index is 311. The van der Waals surface area contributed by atoms with E-state index in [2.05, 4.69) is 11.1 Å². The van der Waals surface area contributed by atoms with Crippen molar-refractivity contribution in [3.8, 4) is 12.3 Å². The van der Waals surface area contributed by atoms with Gasteiger partial charge in [0.05, 0.1) is 18.3 Å². The van der Waals surface area contributed by atoms with Gasteiger partial charge in [-0.25, -0.2) is 0 Å². The van der Waals surface area contributed by atoms with Crippen LogP contribution in [0.4, 0.5) is 0 Å². The second-order valence-electron chi connectivity index (χ2n) is 3.19. The Labute approximate surface area is 78.7 Å². The zero-order valence-electron chi connectivity index (χ0n) is 8.24. The number of terminal acetylenes is 1. The summed E-state index contributed by atoms with van der Waals surface area (Å²) >= 11 is 0. The van der Waals surface area contributed by atoms with E-state index in [4.69, 9.17) is 10.9 Å². The molecule has 0 aliphatic heterocycles. The summed E-state index contributed by atoms with van der Waals surface area (Å²) in [5.74, 6) is 3.50. The summed E-state index contributed by atoms with van der Waals surface area (Å²) in [5.41, 5.74) is 0.900. The van der Waals surface area contributed by atoms with Crippen LogP contribution in [0.2, 0.25) is 0 Å². The van der Waals surface area contributed by atoms with Crippen molar-refractivity contribution >= 4 is 0 Å². The molecule has 0 amide bonds. The van der Waals surface area contributed by atoms with Crippen molar-refractivity contribution < 1.29 is 4.52 Å². The summed E-state index contributed by atoms with van der Waals surface area (Å²) in [7, 11) is 1.96. The van der Waals surface area contributed by atoms with E-state index < -0.39 is 0 Å². The lowest BCUT2D eigenvalue weighted by Gasteiger charge is -2.17. The van der Waals surface area contributed by atoms with Crippen LogP contribution in [-0.2, 0) is 6.54 Å². The van der Waals surface area contributed by atoms with E-state index in [1.807, 2.05) is 31.9 Å². The zero-order chi connectivity index (χ0) is 9.84. The average molecular weight is 178 g/mol. The minimum absolute atomic E-state index is 0.116. The van der Waals surface area contributed by atoms with E-state index in [9.17, 15) is 0 Å². The molecule has 0 fully saturated rings. The van der Waals surface area contributed by atoms with Crippen LogP contribution >= 0.6 is 0 Å². The molecule has 1 aromatic rings. The monoisotopic (exact) mass is 178 g/mol. The second kappa shape index (κ2) is 4.11. The molecule has 1 atom stereocenters. The van der Waals surface area contributed by atoms with Crippen molar-refractivity contribution in [1.82, 2.24) is 10.1 Å². The van der Waals surface area contributed by atoms with Crippen LogP contribution in [0.15, 0.2) is 10.6 Å². The number of aromatic nitrogens is 1. The van der Waals surface area contributed by atoms with E-state index in [1.54, 1.807) is 0 Å². The van der Waals surface area contributed by atoms with Gasteiger partial charge in [0.1, 0.15) is 0 Å². The Morgan fingerprint density at radius 3 is 2.92 bits per heavy atom. The van der Waals surface area contributed by atoms with Crippen molar-refractivity contribution in [1.29, 1.82) is 0 Å². The van der Waals surface area contributed by atoms with Gasteiger partial charge in [0.15, 0.2) is 5.76 Å². The largest absolute Gasteiger partial charge is 0.360 e. The van der Waals surface area contributed by atoms with Gasteiger partial charge in [-0.2, -0.15) is 0 Å². The number of hydrogen-bond donors (Lipinski definition) is 0. The highest BCUT2D eigenvalue weighted by atomic mass is 16.5. The van der Waals surface area contributed by atoms with Crippen molar-refractivity contribution in [3.05, 3.63) is 17.5 Å². The summed E-state index contributed by atoms with van der Waals surface area (Å²) in [6, 6.07) is 2.03. The third kappa shape index (κ3) is 2.60. The Morgan fingerprint density at radius 2 is 2.46 bits per heavy atom. The Morgan fingerprint density at radius 1 is 1.77 bits per heavy atom. The number of aryl methyl sites for hydroxylation is 1. The maximum atomic E-state index is 5.29. The molecule has 0 radical (unpaired) electrons. The van der Waals surface area contributed by atoms with Gasteiger partial charge >= 0.3 is 0 Å². The van der Waals surface area contributed by atoms with Crippen LogP contribution in [0.1, 0.15) is 18.4 Å². The molecule has 0 spiro atoms. The molecule has 1 rings (SSSR count). The first-order valence-corrected chi connectivity index (χ1v) is 4.22. The van der Waals surface area contributed by atoms with E-state index in [0.29, 0.717) is 6.54 Å². The topological polar surface area (TPSA) is 29.3 Å². The molecular weight excluding hydrogens is 164 g/mol. The van der Waals surface area contributed by atoms with Crippen LogP contribution in [-0.4, -0.2) is 23.1 Å². The molecule has 1 heterocycles. The SMILES string of the molecule is C#CC(C)N(C)Cc1cc(C)no1. The first-order valence-electron chi connectivity index (χ1n) is 4.22. The smallest absolute Gasteiger partial charge is 0.150 e. The van der Waals surface area contributed by atoms with Crippen LogP contribution in [0.3, 0.4) is 0 Å². The normalized spacial score (nSPS) is 12.8.